The van der Waals surface area contributed by atoms with Crippen LogP contribution in [0.1, 0.15) is 19.4 Å². The zero-order valence-electron chi connectivity index (χ0n) is 19.3. The molecule has 0 aliphatic rings. The van der Waals surface area contributed by atoms with Gasteiger partial charge in [0.15, 0.2) is 0 Å². The normalized spacial score (nSPS) is 9.92. The average Bonchev–Trinajstić information content (AvgIpc) is 3.44. The molecule has 12 nitrogen and oxygen atoms in total. The van der Waals surface area contributed by atoms with E-state index in [0.717, 1.165) is 52.6 Å². The highest BCUT2D eigenvalue weighted by Crippen LogP contribution is 2.33. The molecule has 0 aliphatic carbocycles. The number of carboxylic acid groups (broad SMARTS) is 2. The van der Waals surface area contributed by atoms with E-state index in [9.17, 15) is 0 Å². The van der Waals surface area contributed by atoms with Crippen molar-refractivity contribution < 1.29 is 19.8 Å². The third-order valence-electron chi connectivity index (χ3n) is 4.54. The van der Waals surface area contributed by atoms with Crippen molar-refractivity contribution in [3.8, 4) is 17.3 Å². The van der Waals surface area contributed by atoms with Crippen LogP contribution in [-0.2, 0) is 9.59 Å². The fraction of sp³-hybridized carbons (Fsp3) is 0.0833. The molecule has 182 valence electrons. The van der Waals surface area contributed by atoms with E-state index in [0.29, 0.717) is 11.4 Å². The van der Waals surface area contributed by atoms with Gasteiger partial charge in [0.1, 0.15) is 5.82 Å². The molecular weight excluding hydrogens is 464 g/mol. The molecule has 7 N–H and O–H groups in total. The van der Waals surface area contributed by atoms with Gasteiger partial charge < -0.3 is 26.2 Å². The lowest BCUT2D eigenvalue weighted by molar-refractivity contribution is -0.135. The maximum absolute atomic E-state index is 9.13. The molecule has 0 bridgehead atoms. The summed E-state index contributed by atoms with van der Waals surface area (Å²) >= 11 is 0. The lowest BCUT2D eigenvalue weighted by atomic mass is 10.1. The topological polar surface area (TPSA) is 207 Å². The number of fused-ring (bicyclic) bond motifs is 2. The number of nitrogens with one attached hydrogen (secondary N) is 3. The summed E-state index contributed by atoms with van der Waals surface area (Å²) < 4.78 is 0. The molecule has 0 saturated heterocycles. The SMILES string of the molecule is CC(=O)O.CC(=O)O.N#Cc1ccc2[nH]c(-c3cc(Nc4ccnc(N)n4)cc4cn[nH]c34)cc2c1. The summed E-state index contributed by atoms with van der Waals surface area (Å²) in [6, 6.07) is 15.5. The fourth-order valence-electron chi connectivity index (χ4n) is 3.28. The van der Waals surface area contributed by atoms with Gasteiger partial charge in [0, 0.05) is 53.3 Å². The average molecular weight is 486 g/mol. The highest BCUT2D eigenvalue weighted by Gasteiger charge is 2.12. The number of rotatable bonds is 3. The summed E-state index contributed by atoms with van der Waals surface area (Å²) in [6.45, 7) is 2.17. The highest BCUT2D eigenvalue weighted by molar-refractivity contribution is 5.99. The van der Waals surface area contributed by atoms with Crippen LogP contribution in [0.2, 0.25) is 0 Å². The molecule has 0 amide bonds. The Morgan fingerprint density at radius 3 is 2.44 bits per heavy atom. The van der Waals surface area contributed by atoms with E-state index in [1.807, 2.05) is 30.3 Å². The number of aromatic nitrogens is 5. The van der Waals surface area contributed by atoms with Crippen LogP contribution >= 0.6 is 0 Å². The monoisotopic (exact) mass is 486 g/mol. The third-order valence-corrected chi connectivity index (χ3v) is 4.54. The van der Waals surface area contributed by atoms with E-state index in [1.54, 1.807) is 24.5 Å². The van der Waals surface area contributed by atoms with Crippen LogP contribution in [0.4, 0.5) is 17.5 Å². The number of H-pyrrole nitrogens is 2. The largest absolute Gasteiger partial charge is 0.481 e. The van der Waals surface area contributed by atoms with E-state index in [4.69, 9.17) is 30.8 Å². The fourth-order valence-corrected chi connectivity index (χ4v) is 3.28. The number of carbonyl (C=O) groups is 2. The van der Waals surface area contributed by atoms with E-state index in [-0.39, 0.29) is 5.95 Å². The molecule has 0 radical (unpaired) electrons. The minimum atomic E-state index is -0.833. The Hall–Kier alpha value is -5.44. The van der Waals surface area contributed by atoms with Gasteiger partial charge in [0.2, 0.25) is 5.95 Å². The Morgan fingerprint density at radius 2 is 1.78 bits per heavy atom. The van der Waals surface area contributed by atoms with Crippen molar-refractivity contribution in [2.24, 2.45) is 0 Å². The summed E-state index contributed by atoms with van der Waals surface area (Å²) in [5.74, 6) is -0.852. The van der Waals surface area contributed by atoms with Crippen molar-refractivity contribution in [3.63, 3.8) is 0 Å². The van der Waals surface area contributed by atoms with Crippen molar-refractivity contribution in [1.82, 2.24) is 25.1 Å². The van der Waals surface area contributed by atoms with Crippen LogP contribution in [0.25, 0.3) is 33.1 Å². The number of nitriles is 1. The quantitative estimate of drug-likeness (QED) is 0.217. The predicted octanol–water partition coefficient (Wildman–Crippen LogP) is 3.88. The lowest BCUT2D eigenvalue weighted by Crippen LogP contribution is -1.99. The number of benzene rings is 2. The first kappa shape index (κ1) is 25.2. The van der Waals surface area contributed by atoms with Gasteiger partial charge >= 0.3 is 0 Å². The maximum atomic E-state index is 9.13. The third kappa shape index (κ3) is 6.55. The summed E-state index contributed by atoms with van der Waals surface area (Å²) in [5, 5.41) is 36.4. The summed E-state index contributed by atoms with van der Waals surface area (Å²) in [6.07, 6.45) is 3.38. The number of aliphatic carboxylic acids is 2. The molecule has 0 atom stereocenters. The first-order valence-corrected chi connectivity index (χ1v) is 10.4. The van der Waals surface area contributed by atoms with Crippen molar-refractivity contribution >= 4 is 51.2 Å². The van der Waals surface area contributed by atoms with Gasteiger partial charge in [-0.3, -0.25) is 14.7 Å². The Balaban J connectivity index is 0.000000398. The number of hydrogen-bond acceptors (Lipinski definition) is 8. The predicted molar refractivity (Wildman–Crippen MR) is 134 cm³/mol. The van der Waals surface area contributed by atoms with Gasteiger partial charge in [-0.1, -0.05) is 0 Å². The van der Waals surface area contributed by atoms with Gasteiger partial charge in [0.05, 0.1) is 23.3 Å². The highest BCUT2D eigenvalue weighted by atomic mass is 16.4. The van der Waals surface area contributed by atoms with Crippen molar-refractivity contribution in [1.29, 1.82) is 5.26 Å². The molecule has 0 fully saturated rings. The van der Waals surface area contributed by atoms with Crippen LogP contribution < -0.4 is 11.1 Å². The van der Waals surface area contributed by atoms with E-state index >= 15 is 0 Å². The van der Waals surface area contributed by atoms with E-state index in [1.165, 1.54) is 0 Å². The zero-order valence-corrected chi connectivity index (χ0v) is 19.3. The number of hydrogen-bond donors (Lipinski definition) is 6. The molecular formula is C24H22N8O4. The number of nitrogens with two attached hydrogens (primary N) is 1. The van der Waals surface area contributed by atoms with Gasteiger partial charge in [0.25, 0.3) is 11.9 Å². The van der Waals surface area contributed by atoms with Gasteiger partial charge in [-0.15, -0.1) is 0 Å². The Labute approximate surface area is 204 Å². The van der Waals surface area contributed by atoms with Crippen molar-refractivity contribution in [2.75, 3.05) is 11.1 Å². The van der Waals surface area contributed by atoms with Crippen molar-refractivity contribution in [3.05, 3.63) is 60.4 Å². The summed E-state index contributed by atoms with van der Waals surface area (Å²) in [5.41, 5.74) is 10.9. The molecule has 5 aromatic rings. The lowest BCUT2D eigenvalue weighted by Gasteiger charge is -2.09. The van der Waals surface area contributed by atoms with Crippen LogP contribution in [-0.4, -0.2) is 47.3 Å². The molecule has 0 spiro atoms. The number of nitrogens with zero attached hydrogens (tertiary/aromatic N) is 4. The minimum Gasteiger partial charge on any atom is -0.481 e. The standard InChI is InChI=1S/C20H14N8.2C2H4O2/c21-9-11-1-2-16-12(5-11)7-17(26-16)15-8-14(6-13-10-24-28-19(13)15)25-18-3-4-23-20(22)27-18;2*1-2(3)4/h1-8,10,26H,(H,24,28)(H3,22,23,25,27);2*1H3,(H,3,4). The van der Waals surface area contributed by atoms with E-state index in [2.05, 4.69) is 36.5 Å². The van der Waals surface area contributed by atoms with Crippen LogP contribution in [0.5, 0.6) is 0 Å². The Kier molecular flexibility index (Phi) is 7.78. The van der Waals surface area contributed by atoms with Crippen LogP contribution in [0.15, 0.2) is 54.9 Å². The molecule has 36 heavy (non-hydrogen) atoms. The van der Waals surface area contributed by atoms with Crippen molar-refractivity contribution in [2.45, 2.75) is 13.8 Å². The number of carboxylic acids is 2. The van der Waals surface area contributed by atoms with Gasteiger partial charge in [-0.25, -0.2) is 4.98 Å². The second kappa shape index (κ2) is 11.1. The van der Waals surface area contributed by atoms with E-state index < -0.39 is 11.9 Å². The Morgan fingerprint density at radius 1 is 1.06 bits per heavy atom. The molecule has 0 saturated carbocycles. The minimum absolute atomic E-state index is 0.207. The maximum Gasteiger partial charge on any atom is 0.300 e. The van der Waals surface area contributed by atoms with Gasteiger partial charge in [-0.05, 0) is 42.5 Å². The second-order valence-corrected chi connectivity index (χ2v) is 7.42. The molecule has 5 rings (SSSR count). The second-order valence-electron chi connectivity index (χ2n) is 7.42. The summed E-state index contributed by atoms with van der Waals surface area (Å²) in [4.78, 5) is 29.5. The molecule has 3 heterocycles. The van der Waals surface area contributed by atoms with Crippen LogP contribution in [0, 0.1) is 11.3 Å². The number of nitrogen functional groups attached to an aromatic ring is 1. The van der Waals surface area contributed by atoms with Crippen LogP contribution in [0.3, 0.4) is 0 Å². The number of anilines is 3. The van der Waals surface area contributed by atoms with Gasteiger partial charge in [-0.2, -0.15) is 15.3 Å². The molecule has 12 heteroatoms. The zero-order chi connectivity index (χ0) is 26.2. The number of aromatic amines is 2. The first-order chi connectivity index (χ1) is 17.2. The molecule has 2 aromatic carbocycles. The molecule has 0 unspecified atom stereocenters. The summed E-state index contributed by atoms with van der Waals surface area (Å²) in [7, 11) is 0. The first-order valence-electron chi connectivity index (χ1n) is 10.4. The smallest absolute Gasteiger partial charge is 0.300 e. The molecule has 3 aromatic heterocycles. The molecule has 0 aliphatic heterocycles. The Bertz CT molecular complexity index is 1560.